The highest BCUT2D eigenvalue weighted by Crippen LogP contribution is 2.21. The molecule has 1 aromatic carbocycles. The van der Waals surface area contributed by atoms with Crippen LogP contribution in [0.25, 0.3) is 34.2 Å². The summed E-state index contributed by atoms with van der Waals surface area (Å²) in [5.74, 6) is 1.92. The number of aromatic nitrogens is 7. The summed E-state index contributed by atoms with van der Waals surface area (Å²) in [6.45, 7) is 3.95. The molecule has 0 saturated carbocycles. The highest BCUT2D eigenvalue weighted by Gasteiger charge is 2.12. The smallest absolute Gasteiger partial charge is 0.220 e. The molecule has 0 bridgehead atoms. The fourth-order valence-electron chi connectivity index (χ4n) is 3.02. The normalized spacial score (nSPS) is 11.5. The molecule has 0 unspecified atom stereocenters. The number of fused-ring (bicyclic) bond motifs is 2. The third kappa shape index (κ3) is 2.33. The van der Waals surface area contributed by atoms with Crippen LogP contribution in [-0.2, 0) is 0 Å². The highest BCUT2D eigenvalue weighted by molar-refractivity contribution is 5.65. The Morgan fingerprint density at radius 2 is 1.58 bits per heavy atom. The molecule has 0 aliphatic heterocycles. The van der Waals surface area contributed by atoms with E-state index >= 15 is 0 Å². The quantitative estimate of drug-likeness (QED) is 0.493. The van der Waals surface area contributed by atoms with Gasteiger partial charge in [-0.15, -0.1) is 10.2 Å². The van der Waals surface area contributed by atoms with Crippen molar-refractivity contribution in [3.05, 3.63) is 66.1 Å². The minimum absolute atomic E-state index is 0.601. The minimum Gasteiger partial charge on any atom is -0.220 e. The van der Waals surface area contributed by atoms with Gasteiger partial charge in [-0.2, -0.15) is 4.98 Å². The van der Waals surface area contributed by atoms with Gasteiger partial charge < -0.3 is 0 Å². The minimum atomic E-state index is 0.601. The molecule has 5 aromatic rings. The Morgan fingerprint density at radius 3 is 2.42 bits per heavy atom. The van der Waals surface area contributed by atoms with Crippen LogP contribution >= 0.6 is 0 Å². The summed E-state index contributed by atoms with van der Waals surface area (Å²) < 4.78 is 3.51. The van der Waals surface area contributed by atoms with Gasteiger partial charge >= 0.3 is 0 Å². The molecule has 0 atom stereocenters. The third-order valence-electron chi connectivity index (χ3n) is 4.25. The van der Waals surface area contributed by atoms with Crippen molar-refractivity contribution in [1.82, 2.24) is 34.2 Å². The molecule has 0 fully saturated rings. The molecule has 4 aromatic heterocycles. The highest BCUT2D eigenvalue weighted by atomic mass is 15.3. The fourth-order valence-corrected chi connectivity index (χ4v) is 3.02. The first kappa shape index (κ1) is 14.7. The summed E-state index contributed by atoms with van der Waals surface area (Å²) in [6, 6.07) is 15.8. The van der Waals surface area contributed by atoms with Crippen molar-refractivity contribution < 1.29 is 0 Å². The maximum Gasteiger partial charge on any atom is 0.253 e. The van der Waals surface area contributed by atoms with Crippen LogP contribution in [-0.4, -0.2) is 34.2 Å². The van der Waals surface area contributed by atoms with Crippen LogP contribution in [0, 0.1) is 13.8 Å². The number of pyridine rings is 1. The molecule has 126 valence electrons. The van der Waals surface area contributed by atoms with E-state index < -0.39 is 0 Å². The van der Waals surface area contributed by atoms with Gasteiger partial charge in [0, 0.05) is 28.7 Å². The van der Waals surface area contributed by atoms with E-state index in [-0.39, 0.29) is 0 Å². The van der Waals surface area contributed by atoms with E-state index in [0.29, 0.717) is 17.4 Å². The van der Waals surface area contributed by atoms with Crippen molar-refractivity contribution in [2.24, 2.45) is 0 Å². The third-order valence-corrected chi connectivity index (χ3v) is 4.25. The van der Waals surface area contributed by atoms with Gasteiger partial charge in [0.15, 0.2) is 17.3 Å². The largest absolute Gasteiger partial charge is 0.253 e. The second-order valence-electron chi connectivity index (χ2n) is 6.21. The van der Waals surface area contributed by atoms with Crippen LogP contribution in [0.15, 0.2) is 54.7 Å². The second kappa shape index (κ2) is 5.45. The van der Waals surface area contributed by atoms with Crippen molar-refractivity contribution in [3.63, 3.8) is 0 Å². The Bertz CT molecular complexity index is 1250. The van der Waals surface area contributed by atoms with Gasteiger partial charge in [0.2, 0.25) is 0 Å². The van der Waals surface area contributed by atoms with Gasteiger partial charge in [0.25, 0.3) is 5.78 Å². The molecular formula is C19H15N7. The van der Waals surface area contributed by atoms with E-state index in [0.717, 1.165) is 28.2 Å². The zero-order valence-electron chi connectivity index (χ0n) is 14.3. The predicted molar refractivity (Wildman–Crippen MR) is 97.7 cm³/mol. The van der Waals surface area contributed by atoms with E-state index in [1.165, 1.54) is 0 Å². The molecule has 26 heavy (non-hydrogen) atoms. The average molecular weight is 341 g/mol. The molecule has 7 nitrogen and oxygen atoms in total. The number of nitrogens with zero attached hydrogens (tertiary/aromatic N) is 7. The van der Waals surface area contributed by atoms with Crippen molar-refractivity contribution in [1.29, 1.82) is 0 Å². The standard InChI is InChI=1S/C19H15N7/c1-12-10-13(2)26-19(20-12)22-18(24-26)15-8-9-25-16(11-15)21-17(23-25)14-6-4-3-5-7-14/h3-11H,1-2H3. The van der Waals surface area contributed by atoms with Crippen molar-refractivity contribution >= 4 is 11.4 Å². The Kier molecular flexibility index (Phi) is 3.08. The van der Waals surface area contributed by atoms with Crippen molar-refractivity contribution in [2.45, 2.75) is 13.8 Å². The van der Waals surface area contributed by atoms with Gasteiger partial charge in [0.1, 0.15) is 0 Å². The van der Waals surface area contributed by atoms with Gasteiger partial charge in [-0.3, -0.25) is 0 Å². The first-order valence-electron chi connectivity index (χ1n) is 8.31. The summed E-state index contributed by atoms with van der Waals surface area (Å²) >= 11 is 0. The Hall–Kier alpha value is -3.61. The van der Waals surface area contributed by atoms with Crippen LogP contribution in [0.4, 0.5) is 0 Å². The van der Waals surface area contributed by atoms with Crippen molar-refractivity contribution in [3.8, 4) is 22.8 Å². The van der Waals surface area contributed by atoms with E-state index in [4.69, 9.17) is 0 Å². The first-order valence-corrected chi connectivity index (χ1v) is 8.31. The Balaban J connectivity index is 1.62. The van der Waals surface area contributed by atoms with Gasteiger partial charge in [-0.25, -0.2) is 19.0 Å². The van der Waals surface area contributed by atoms with Gasteiger partial charge in [-0.05, 0) is 32.0 Å². The second-order valence-corrected chi connectivity index (χ2v) is 6.21. The monoisotopic (exact) mass is 341 g/mol. The number of rotatable bonds is 2. The number of benzene rings is 1. The van der Waals surface area contributed by atoms with Crippen LogP contribution in [0.1, 0.15) is 11.4 Å². The molecular weight excluding hydrogens is 326 g/mol. The SMILES string of the molecule is Cc1cc(C)n2nc(-c3ccn4nc(-c5ccccc5)nc4c3)nc2n1. The lowest BCUT2D eigenvalue weighted by atomic mass is 10.2. The summed E-state index contributed by atoms with van der Waals surface area (Å²) in [5.41, 5.74) is 4.54. The maximum absolute atomic E-state index is 4.63. The van der Waals surface area contributed by atoms with Crippen molar-refractivity contribution in [2.75, 3.05) is 0 Å². The Morgan fingerprint density at radius 1 is 0.769 bits per heavy atom. The molecule has 4 heterocycles. The molecule has 0 amide bonds. The Labute approximate surface area is 149 Å². The predicted octanol–water partition coefficient (Wildman–Crippen LogP) is 3.12. The van der Waals surface area contributed by atoms with E-state index in [1.54, 1.807) is 9.03 Å². The molecule has 5 rings (SSSR count). The maximum atomic E-state index is 4.63. The lowest BCUT2D eigenvalue weighted by Gasteiger charge is -1.97. The van der Waals surface area contributed by atoms with Gasteiger partial charge in [0.05, 0.1) is 0 Å². The lowest BCUT2D eigenvalue weighted by molar-refractivity contribution is 0.887. The van der Waals surface area contributed by atoms with Gasteiger partial charge in [-0.1, -0.05) is 30.3 Å². The molecule has 0 spiro atoms. The molecule has 0 radical (unpaired) electrons. The van der Waals surface area contributed by atoms with Crippen LogP contribution in [0.3, 0.4) is 0 Å². The first-order chi connectivity index (χ1) is 12.7. The zero-order valence-corrected chi connectivity index (χ0v) is 14.3. The zero-order chi connectivity index (χ0) is 17.7. The van der Waals surface area contributed by atoms with E-state index in [2.05, 4.69) is 25.1 Å². The van der Waals surface area contributed by atoms with Crippen LogP contribution in [0.5, 0.6) is 0 Å². The van der Waals surface area contributed by atoms with E-state index in [1.807, 2.05) is 68.6 Å². The molecule has 0 aliphatic carbocycles. The topological polar surface area (TPSA) is 73.3 Å². The van der Waals surface area contributed by atoms with Crippen LogP contribution in [0.2, 0.25) is 0 Å². The fraction of sp³-hybridized carbons (Fsp3) is 0.105. The summed E-state index contributed by atoms with van der Waals surface area (Å²) in [6.07, 6.45) is 1.88. The summed E-state index contributed by atoms with van der Waals surface area (Å²) in [5, 5.41) is 9.11. The number of hydrogen-bond acceptors (Lipinski definition) is 5. The number of aryl methyl sites for hydroxylation is 2. The lowest BCUT2D eigenvalue weighted by Crippen LogP contribution is -1.97. The number of hydrogen-bond donors (Lipinski definition) is 0. The molecule has 0 N–H and O–H groups in total. The molecule has 0 aliphatic rings. The average Bonchev–Trinajstić information content (AvgIpc) is 3.25. The van der Waals surface area contributed by atoms with E-state index in [9.17, 15) is 0 Å². The summed E-state index contributed by atoms with van der Waals surface area (Å²) in [7, 11) is 0. The molecule has 7 heteroatoms. The van der Waals surface area contributed by atoms with Crippen LogP contribution < -0.4 is 0 Å². The molecule has 0 saturated heterocycles. The summed E-state index contributed by atoms with van der Waals surface area (Å²) in [4.78, 5) is 13.6.